The van der Waals surface area contributed by atoms with Crippen LogP contribution in [-0.4, -0.2) is 64.4 Å². The molecule has 4 heterocycles. The maximum absolute atomic E-state index is 14.5. The Morgan fingerprint density at radius 2 is 1.64 bits per heavy atom. The van der Waals surface area contributed by atoms with E-state index in [9.17, 15) is 32.8 Å². The average Bonchev–Trinajstić information content (AvgIpc) is 3.63. The highest BCUT2D eigenvalue weighted by atomic mass is 19.1. The number of benzene rings is 2. The van der Waals surface area contributed by atoms with E-state index in [2.05, 4.69) is 17.4 Å². The number of carbonyl (C=O) groups is 4. The fraction of sp³-hybridized carbons (Fsp3) is 0.522. The molecule has 3 aliphatic heterocycles. The van der Waals surface area contributed by atoms with E-state index in [1.54, 1.807) is 23.1 Å². The van der Waals surface area contributed by atoms with Gasteiger partial charge >= 0.3 is 11.9 Å². The minimum Gasteiger partial charge on any atom is -0.482 e. The van der Waals surface area contributed by atoms with Gasteiger partial charge < -0.3 is 33.8 Å². The Kier molecular flexibility index (Phi) is 15.3. The van der Waals surface area contributed by atoms with Crippen LogP contribution in [0, 0.1) is 11.6 Å². The van der Waals surface area contributed by atoms with Crippen LogP contribution in [0.4, 0.5) is 8.78 Å². The van der Waals surface area contributed by atoms with E-state index >= 15 is 0 Å². The number of nitrogens with one attached hydrogen (secondary N) is 1. The summed E-state index contributed by atoms with van der Waals surface area (Å²) in [4.78, 5) is 77.1. The molecule has 6 rings (SSSR count). The molecule has 61 heavy (non-hydrogen) atoms. The first-order valence-electron chi connectivity index (χ1n) is 21.5. The maximum Gasteiger partial charge on any atom is 0.344 e. The number of ether oxygens (including phenoxy) is 3. The number of methoxy groups -OCH3 is 1. The van der Waals surface area contributed by atoms with E-state index in [1.165, 1.54) is 75.0 Å². The molecule has 2 aromatic carbocycles. The lowest BCUT2D eigenvalue weighted by molar-refractivity contribution is -0.145. The predicted octanol–water partition coefficient (Wildman–Crippen LogP) is 8.32. The molecule has 1 saturated heterocycles. The Morgan fingerprint density at radius 3 is 2.33 bits per heavy atom. The number of amides is 2. The van der Waals surface area contributed by atoms with Gasteiger partial charge in [0.1, 0.15) is 23.8 Å². The number of rotatable bonds is 19. The molecule has 0 unspecified atom stereocenters. The fourth-order valence-electron chi connectivity index (χ4n) is 8.37. The lowest BCUT2D eigenvalue weighted by Gasteiger charge is -2.41. The summed E-state index contributed by atoms with van der Waals surface area (Å²) < 4.78 is 46.4. The van der Waals surface area contributed by atoms with Gasteiger partial charge in [0.25, 0.3) is 11.8 Å². The molecule has 1 fully saturated rings. The largest absolute Gasteiger partial charge is 0.482 e. The summed E-state index contributed by atoms with van der Waals surface area (Å²) in [5.41, 5.74) is -2.65. The average molecular weight is 847 g/mol. The van der Waals surface area contributed by atoms with Crippen molar-refractivity contribution in [3.63, 3.8) is 0 Å². The summed E-state index contributed by atoms with van der Waals surface area (Å²) in [6.45, 7) is 3.55. The number of hydrogen-bond acceptors (Lipinski definition) is 10. The Morgan fingerprint density at radius 1 is 0.934 bits per heavy atom. The van der Waals surface area contributed by atoms with Crippen molar-refractivity contribution in [2.45, 2.75) is 141 Å². The smallest absolute Gasteiger partial charge is 0.344 e. The predicted molar refractivity (Wildman–Crippen MR) is 222 cm³/mol. The van der Waals surface area contributed by atoms with Crippen LogP contribution in [0.25, 0.3) is 0 Å². The number of halogens is 2. The van der Waals surface area contributed by atoms with Gasteiger partial charge in [-0.3, -0.25) is 19.2 Å². The van der Waals surface area contributed by atoms with Crippen molar-refractivity contribution in [2.24, 2.45) is 5.16 Å². The van der Waals surface area contributed by atoms with E-state index in [1.807, 2.05) is 6.92 Å². The molecule has 0 aliphatic carbocycles. The Hall–Kier alpha value is -5.60. The number of fused-ring (bicyclic) bond motifs is 5. The zero-order valence-electron chi connectivity index (χ0n) is 35.3. The molecule has 328 valence electrons. The van der Waals surface area contributed by atoms with Crippen LogP contribution >= 0.6 is 0 Å². The van der Waals surface area contributed by atoms with Crippen LogP contribution in [0.3, 0.4) is 0 Å². The molecule has 1 aromatic heterocycles. The molecule has 2 amide bonds. The van der Waals surface area contributed by atoms with Gasteiger partial charge in [-0.15, -0.1) is 0 Å². The molecule has 1 spiro atoms. The normalized spacial score (nSPS) is 19.1. The topological polar surface area (TPSA) is 155 Å². The van der Waals surface area contributed by atoms with Gasteiger partial charge in [-0.05, 0) is 38.3 Å². The molecular formula is C46H56F2N4O9. The number of oxime groups is 1. The highest BCUT2D eigenvalue weighted by Gasteiger charge is 2.55. The highest BCUT2D eigenvalue weighted by Crippen LogP contribution is 2.46. The van der Waals surface area contributed by atoms with Gasteiger partial charge in [0.05, 0.1) is 25.1 Å². The first-order valence-corrected chi connectivity index (χ1v) is 21.5. The summed E-state index contributed by atoms with van der Waals surface area (Å²) in [5, 5.41) is 6.64. The fourth-order valence-corrected chi connectivity index (χ4v) is 8.37. The zero-order valence-corrected chi connectivity index (χ0v) is 35.3. The molecular weight excluding hydrogens is 791 g/mol. The summed E-state index contributed by atoms with van der Waals surface area (Å²) in [6.07, 6.45) is 15.2. The van der Waals surface area contributed by atoms with Crippen LogP contribution in [-0.2, 0) is 32.3 Å². The quantitative estimate of drug-likeness (QED) is 0.0927. The van der Waals surface area contributed by atoms with Crippen molar-refractivity contribution in [1.82, 2.24) is 14.8 Å². The summed E-state index contributed by atoms with van der Waals surface area (Å²) in [6, 6.07) is 8.12. The third-order valence-corrected chi connectivity index (χ3v) is 12.0. The van der Waals surface area contributed by atoms with Crippen LogP contribution in [0.15, 0.2) is 58.6 Å². The third-order valence-electron chi connectivity index (χ3n) is 12.0. The second-order valence-corrected chi connectivity index (χ2v) is 16.3. The minimum absolute atomic E-state index is 0.0205. The molecule has 3 aromatic rings. The van der Waals surface area contributed by atoms with Crippen molar-refractivity contribution in [1.29, 1.82) is 0 Å². The lowest BCUT2D eigenvalue weighted by atomic mass is 9.85. The molecule has 15 heteroatoms. The molecule has 0 radical (unpaired) electrons. The second kappa shape index (κ2) is 20.8. The van der Waals surface area contributed by atoms with Crippen LogP contribution in [0.2, 0.25) is 0 Å². The van der Waals surface area contributed by atoms with Gasteiger partial charge in [0, 0.05) is 48.9 Å². The number of carbonyl (C=O) groups excluding carboxylic acids is 4. The van der Waals surface area contributed by atoms with Gasteiger partial charge in [-0.1, -0.05) is 101 Å². The molecule has 3 atom stereocenters. The van der Waals surface area contributed by atoms with E-state index in [-0.39, 0.29) is 48.9 Å². The number of esters is 2. The van der Waals surface area contributed by atoms with Gasteiger partial charge in [-0.25, -0.2) is 13.6 Å². The van der Waals surface area contributed by atoms with Gasteiger partial charge in [0.15, 0.2) is 11.3 Å². The maximum atomic E-state index is 14.5. The van der Waals surface area contributed by atoms with E-state index in [0.717, 1.165) is 25.3 Å². The van der Waals surface area contributed by atoms with E-state index in [0.29, 0.717) is 36.8 Å². The van der Waals surface area contributed by atoms with Crippen LogP contribution < -0.4 is 15.5 Å². The standard InChI is InChI=1S/C46H56F2N4O9/c1-4-5-6-7-8-9-10-11-12-13-14-19-39(53)59-29-32-17-15-16-18-34(32)45(57)60-42-40-44(56)51-28-37(46(23-22-30(51)2)25-38(58-3)50-61-46)52(40)27-35(41(42)54)43(55)49-26-31-20-21-33(47)24-36(31)48/h15-18,20-21,24,27,30,37H,4-14,19,22-23,25-26,28-29H2,1-3H3,(H,49,55)/t30-,37+,46-/m0/s1. The monoisotopic (exact) mass is 846 g/mol. The number of unbranched alkanes of at least 4 members (excludes halogenated alkanes) is 10. The van der Waals surface area contributed by atoms with Crippen LogP contribution in [0.5, 0.6) is 5.75 Å². The highest BCUT2D eigenvalue weighted by molar-refractivity contribution is 6.01. The summed E-state index contributed by atoms with van der Waals surface area (Å²) in [5.74, 6) is -5.06. The second-order valence-electron chi connectivity index (χ2n) is 16.3. The van der Waals surface area contributed by atoms with Gasteiger partial charge in [-0.2, -0.15) is 0 Å². The molecule has 3 aliphatic rings. The van der Waals surface area contributed by atoms with E-state index in [4.69, 9.17) is 19.0 Å². The Bertz CT molecular complexity index is 2170. The van der Waals surface area contributed by atoms with Crippen molar-refractivity contribution < 1.29 is 47.0 Å². The third kappa shape index (κ3) is 10.7. The van der Waals surface area contributed by atoms with Gasteiger partial charge in [0.2, 0.25) is 17.1 Å². The lowest BCUT2D eigenvalue weighted by Crippen LogP contribution is -2.52. The molecule has 2 bridgehead atoms. The molecule has 13 nitrogen and oxygen atoms in total. The van der Waals surface area contributed by atoms with Crippen molar-refractivity contribution in [3.8, 4) is 5.75 Å². The van der Waals surface area contributed by atoms with Crippen molar-refractivity contribution >= 4 is 29.7 Å². The van der Waals surface area contributed by atoms with E-state index < -0.39 is 70.3 Å². The Balaban J connectivity index is 1.22. The first-order chi connectivity index (χ1) is 29.5. The SMILES string of the molecule is CCCCCCCCCCCCCC(=O)OCc1ccccc1C(=O)Oc1c2n(cc(C(=O)NCc3ccc(F)cc3F)c1=O)[C@@H]1CN(C2=O)[C@@H](C)CC[C@]12CC(OC)=NO2. The minimum atomic E-state index is -1.07. The number of pyridine rings is 1. The molecule has 0 saturated carbocycles. The summed E-state index contributed by atoms with van der Waals surface area (Å²) in [7, 11) is 1.46. The summed E-state index contributed by atoms with van der Waals surface area (Å²) >= 11 is 0. The van der Waals surface area contributed by atoms with Crippen molar-refractivity contribution in [3.05, 3.63) is 98.5 Å². The first kappa shape index (κ1) is 44.9. The number of nitrogens with zero attached hydrogens (tertiary/aromatic N) is 3. The number of hydrogen-bond donors (Lipinski definition) is 1. The molecule has 1 N–H and O–H groups in total. The Labute approximate surface area is 354 Å². The van der Waals surface area contributed by atoms with Crippen LogP contribution in [0.1, 0.15) is 159 Å². The van der Waals surface area contributed by atoms with Crippen molar-refractivity contribution in [2.75, 3.05) is 13.7 Å². The number of aromatic nitrogens is 1. The zero-order chi connectivity index (χ0) is 43.5.